The normalized spacial score (nSPS) is 10.7. The van der Waals surface area contributed by atoms with Crippen LogP contribution in [0.5, 0.6) is 11.5 Å². The Labute approximate surface area is 142 Å². The molecule has 6 heteroatoms. The van der Waals surface area contributed by atoms with Crippen molar-refractivity contribution in [2.24, 2.45) is 0 Å². The molecule has 23 heavy (non-hydrogen) atoms. The molecule has 0 spiro atoms. The van der Waals surface area contributed by atoms with E-state index in [2.05, 4.69) is 4.98 Å². The molecule has 4 nitrogen and oxygen atoms in total. The lowest BCUT2D eigenvalue weighted by Crippen LogP contribution is -2.07. The van der Waals surface area contributed by atoms with Crippen LogP contribution < -0.4 is 9.47 Å². The maximum absolute atomic E-state index is 11.5. The predicted octanol–water partition coefficient (Wildman–Crippen LogP) is 4.94. The molecule has 0 bridgehead atoms. The Kier molecular flexibility index (Phi) is 4.50. The summed E-state index contributed by atoms with van der Waals surface area (Å²) in [5, 5.41) is 1.15. The van der Waals surface area contributed by atoms with Crippen LogP contribution in [0.1, 0.15) is 13.3 Å². The van der Waals surface area contributed by atoms with E-state index in [-0.39, 0.29) is 18.1 Å². The molecule has 0 atom stereocenters. The lowest BCUT2D eigenvalue weighted by molar-refractivity contribution is -0.134. The number of fused-ring (bicyclic) bond motifs is 1. The van der Waals surface area contributed by atoms with Crippen LogP contribution in [0, 0.1) is 0 Å². The number of carbonyl (C=O) groups is 1. The molecule has 0 saturated heterocycles. The first-order chi connectivity index (χ1) is 11.1. The number of hydrogen-bond donors (Lipinski definition) is 0. The van der Waals surface area contributed by atoms with Crippen LogP contribution in [0.25, 0.3) is 20.8 Å². The molecule has 1 heterocycles. The Morgan fingerprint density at radius 3 is 2.78 bits per heavy atom. The second kappa shape index (κ2) is 6.56. The van der Waals surface area contributed by atoms with Crippen molar-refractivity contribution < 1.29 is 14.3 Å². The van der Waals surface area contributed by atoms with Gasteiger partial charge < -0.3 is 9.47 Å². The van der Waals surface area contributed by atoms with Gasteiger partial charge in [-0.3, -0.25) is 4.79 Å². The highest BCUT2D eigenvalue weighted by atomic mass is 35.5. The fourth-order valence-corrected chi connectivity index (χ4v) is 3.33. The second-order valence-corrected chi connectivity index (χ2v) is 6.24. The van der Waals surface area contributed by atoms with E-state index in [1.807, 2.05) is 24.3 Å². The summed E-state index contributed by atoms with van der Waals surface area (Å²) in [4.78, 5) is 16.1. The van der Waals surface area contributed by atoms with Crippen LogP contribution >= 0.6 is 22.9 Å². The number of nitrogens with zero attached hydrogens (tertiary/aromatic N) is 1. The number of rotatable bonds is 4. The summed E-state index contributed by atoms with van der Waals surface area (Å²) in [6, 6.07) is 11.4. The summed E-state index contributed by atoms with van der Waals surface area (Å²) < 4.78 is 11.7. The van der Waals surface area contributed by atoms with Crippen LogP contribution in [-0.4, -0.2) is 18.1 Å². The number of halogens is 1. The minimum absolute atomic E-state index is 0.242. The molecular formula is C17H14ClNO3S. The summed E-state index contributed by atoms with van der Waals surface area (Å²) >= 11 is 7.85. The molecule has 1 aromatic heterocycles. The average molecular weight is 348 g/mol. The van der Waals surface area contributed by atoms with Gasteiger partial charge in [0.25, 0.3) is 0 Å². The van der Waals surface area contributed by atoms with Gasteiger partial charge in [0.05, 0.1) is 22.3 Å². The largest absolute Gasteiger partial charge is 0.493 e. The zero-order valence-corrected chi connectivity index (χ0v) is 14.2. The van der Waals surface area contributed by atoms with Crippen LogP contribution in [0.4, 0.5) is 0 Å². The summed E-state index contributed by atoms with van der Waals surface area (Å²) in [6.45, 7) is 1.72. The van der Waals surface area contributed by atoms with Crippen molar-refractivity contribution in [1.82, 2.24) is 4.98 Å². The molecule has 118 valence electrons. The number of para-hydroxylation sites is 1. The van der Waals surface area contributed by atoms with Crippen LogP contribution in [0.15, 0.2) is 36.4 Å². The van der Waals surface area contributed by atoms with Crippen molar-refractivity contribution >= 4 is 39.1 Å². The number of methoxy groups -OCH3 is 1. The van der Waals surface area contributed by atoms with Gasteiger partial charge in [0, 0.05) is 12.0 Å². The van der Waals surface area contributed by atoms with E-state index in [9.17, 15) is 4.79 Å². The molecular weight excluding hydrogens is 334 g/mol. The summed E-state index contributed by atoms with van der Waals surface area (Å²) in [6.07, 6.45) is 0.263. The van der Waals surface area contributed by atoms with E-state index in [1.54, 1.807) is 30.4 Å². The number of benzene rings is 2. The Balaban J connectivity index is 2.06. The molecule has 2 aromatic carbocycles. The molecule has 0 unspecified atom stereocenters. The molecule has 3 rings (SSSR count). The third-order valence-electron chi connectivity index (χ3n) is 3.27. The van der Waals surface area contributed by atoms with E-state index < -0.39 is 0 Å². The highest BCUT2D eigenvalue weighted by Gasteiger charge is 2.17. The topological polar surface area (TPSA) is 48.4 Å². The Bertz CT molecular complexity index is 842. The van der Waals surface area contributed by atoms with Crippen molar-refractivity contribution in [1.29, 1.82) is 0 Å². The van der Waals surface area contributed by atoms with E-state index in [1.165, 1.54) is 7.11 Å². The lowest BCUT2D eigenvalue weighted by Gasteiger charge is -2.11. The van der Waals surface area contributed by atoms with Crippen molar-refractivity contribution in [2.75, 3.05) is 7.11 Å². The van der Waals surface area contributed by atoms with Crippen LogP contribution in [-0.2, 0) is 4.79 Å². The number of hydrogen-bond acceptors (Lipinski definition) is 5. The van der Waals surface area contributed by atoms with Gasteiger partial charge in [-0.2, -0.15) is 0 Å². The third kappa shape index (κ3) is 3.16. The first-order valence-electron chi connectivity index (χ1n) is 7.06. The van der Waals surface area contributed by atoms with E-state index >= 15 is 0 Å². The van der Waals surface area contributed by atoms with Crippen molar-refractivity contribution in [3.63, 3.8) is 0 Å². The highest BCUT2D eigenvalue weighted by molar-refractivity contribution is 7.21. The monoisotopic (exact) mass is 347 g/mol. The number of thiazole rings is 1. The first kappa shape index (κ1) is 15.8. The molecule has 0 aliphatic heterocycles. The smallest absolute Gasteiger partial charge is 0.311 e. The summed E-state index contributed by atoms with van der Waals surface area (Å²) in [5.74, 6) is 0.289. The Morgan fingerprint density at radius 2 is 2.09 bits per heavy atom. The van der Waals surface area contributed by atoms with Gasteiger partial charge in [0.1, 0.15) is 5.01 Å². The maximum Gasteiger partial charge on any atom is 0.311 e. The van der Waals surface area contributed by atoms with Gasteiger partial charge in [-0.25, -0.2) is 4.98 Å². The van der Waals surface area contributed by atoms with Gasteiger partial charge >= 0.3 is 5.97 Å². The Morgan fingerprint density at radius 1 is 1.30 bits per heavy atom. The van der Waals surface area contributed by atoms with Gasteiger partial charge in [-0.05, 0) is 24.3 Å². The molecule has 0 amide bonds. The maximum atomic E-state index is 11.5. The quantitative estimate of drug-likeness (QED) is 0.495. The third-order valence-corrected chi connectivity index (χ3v) is 4.64. The standard InChI is InChI=1S/C17H14ClNO3S/c1-3-15(20)22-16-11(18)8-10(9-13(16)21-2)17-19-12-6-4-5-7-14(12)23-17/h4-9H,3H2,1-2H3. The van der Waals surface area contributed by atoms with Gasteiger partial charge in [0.15, 0.2) is 11.5 Å². The summed E-state index contributed by atoms with van der Waals surface area (Å²) in [5.41, 5.74) is 1.76. The molecule has 0 aliphatic carbocycles. The predicted molar refractivity (Wildman–Crippen MR) is 92.5 cm³/mol. The zero-order valence-electron chi connectivity index (χ0n) is 12.6. The minimum atomic E-state index is -0.363. The van der Waals surface area contributed by atoms with Crippen LogP contribution in [0.3, 0.4) is 0 Å². The molecule has 0 radical (unpaired) electrons. The average Bonchev–Trinajstić information content (AvgIpc) is 3.00. The van der Waals surface area contributed by atoms with E-state index in [0.717, 1.165) is 20.8 Å². The van der Waals surface area contributed by atoms with Crippen LogP contribution in [0.2, 0.25) is 5.02 Å². The molecule has 0 saturated carbocycles. The number of aromatic nitrogens is 1. The van der Waals surface area contributed by atoms with Crippen molar-refractivity contribution in [3.8, 4) is 22.1 Å². The number of esters is 1. The number of carbonyl (C=O) groups excluding carboxylic acids is 1. The fourth-order valence-electron chi connectivity index (χ4n) is 2.12. The van der Waals surface area contributed by atoms with Gasteiger partial charge in [-0.1, -0.05) is 30.7 Å². The summed E-state index contributed by atoms with van der Waals surface area (Å²) in [7, 11) is 1.51. The van der Waals surface area contributed by atoms with Crippen molar-refractivity contribution in [3.05, 3.63) is 41.4 Å². The second-order valence-electron chi connectivity index (χ2n) is 4.80. The molecule has 0 fully saturated rings. The molecule has 3 aromatic rings. The van der Waals surface area contributed by atoms with Gasteiger partial charge in [-0.15, -0.1) is 11.3 Å². The number of ether oxygens (including phenoxy) is 2. The Hall–Kier alpha value is -2.11. The van der Waals surface area contributed by atoms with Crippen molar-refractivity contribution in [2.45, 2.75) is 13.3 Å². The van der Waals surface area contributed by atoms with E-state index in [4.69, 9.17) is 21.1 Å². The highest BCUT2D eigenvalue weighted by Crippen LogP contribution is 2.41. The SMILES string of the molecule is CCC(=O)Oc1c(Cl)cc(-c2nc3ccccc3s2)cc1OC. The zero-order chi connectivity index (χ0) is 16.4. The lowest BCUT2D eigenvalue weighted by atomic mass is 10.2. The molecule has 0 N–H and O–H groups in total. The minimum Gasteiger partial charge on any atom is -0.493 e. The van der Waals surface area contributed by atoms with Gasteiger partial charge in [0.2, 0.25) is 0 Å². The molecule has 0 aliphatic rings. The van der Waals surface area contributed by atoms with E-state index in [0.29, 0.717) is 10.8 Å². The fraction of sp³-hybridized carbons (Fsp3) is 0.176. The first-order valence-corrected chi connectivity index (χ1v) is 8.26.